The molecule has 4 aliphatic heterocycles. The molecule has 3 amide bonds. The second-order valence-corrected chi connectivity index (χ2v) is 12.7. The van der Waals surface area contributed by atoms with E-state index in [0.717, 1.165) is 57.3 Å². The zero-order valence-electron chi connectivity index (χ0n) is 23.4. The number of nitrogens with one attached hydrogen (secondary N) is 2. The van der Waals surface area contributed by atoms with Crippen molar-refractivity contribution in [2.24, 2.45) is 11.8 Å². The average molecular weight is 569 g/mol. The Morgan fingerprint density at radius 1 is 1.05 bits per heavy atom. The van der Waals surface area contributed by atoms with Crippen LogP contribution in [0.3, 0.4) is 0 Å². The van der Waals surface area contributed by atoms with Gasteiger partial charge in [0.15, 0.2) is 0 Å². The average Bonchev–Trinajstić information content (AvgIpc) is 3.59. The van der Waals surface area contributed by atoms with Gasteiger partial charge < -0.3 is 25.2 Å². The lowest BCUT2D eigenvalue weighted by atomic mass is 9.74. The number of fused-ring (bicyclic) bond motifs is 1. The van der Waals surface area contributed by atoms with Crippen molar-refractivity contribution in [3.63, 3.8) is 0 Å². The SMILES string of the molecule is Cc1ccc(NC(=O)C2[C@@H]3C=CC4(O3)C(C(=O)NC3CCCCC3)N(CCCN3CCCCC3)C(=O)[C@H]24)cc1Cl. The summed E-state index contributed by atoms with van der Waals surface area (Å²) in [5.74, 6) is -2.04. The predicted molar refractivity (Wildman–Crippen MR) is 154 cm³/mol. The van der Waals surface area contributed by atoms with E-state index in [1.807, 2.05) is 31.2 Å². The van der Waals surface area contributed by atoms with Crippen molar-refractivity contribution in [3.05, 3.63) is 40.9 Å². The van der Waals surface area contributed by atoms with Crippen molar-refractivity contribution in [2.45, 2.75) is 88.5 Å². The first kappa shape index (κ1) is 27.7. The topological polar surface area (TPSA) is 91.0 Å². The second kappa shape index (κ2) is 11.5. The van der Waals surface area contributed by atoms with Crippen LogP contribution in [0, 0.1) is 18.8 Å². The van der Waals surface area contributed by atoms with Gasteiger partial charge in [-0.3, -0.25) is 14.4 Å². The number of benzene rings is 1. The summed E-state index contributed by atoms with van der Waals surface area (Å²) >= 11 is 6.29. The molecule has 40 heavy (non-hydrogen) atoms. The highest BCUT2D eigenvalue weighted by Crippen LogP contribution is 2.55. The van der Waals surface area contributed by atoms with Gasteiger partial charge in [-0.05, 0) is 76.4 Å². The molecule has 1 aromatic carbocycles. The van der Waals surface area contributed by atoms with E-state index in [1.54, 1.807) is 11.0 Å². The van der Waals surface area contributed by atoms with E-state index >= 15 is 0 Å². The minimum Gasteiger partial charge on any atom is -0.359 e. The highest BCUT2D eigenvalue weighted by molar-refractivity contribution is 6.31. The third kappa shape index (κ3) is 5.07. The van der Waals surface area contributed by atoms with Gasteiger partial charge in [0.05, 0.1) is 17.9 Å². The predicted octanol–water partition coefficient (Wildman–Crippen LogP) is 4.06. The summed E-state index contributed by atoms with van der Waals surface area (Å²) in [5.41, 5.74) is 0.373. The number of rotatable bonds is 8. The standard InChI is InChI=1S/C31H41ClN4O4/c1-20-11-12-22(19-23(20)32)34-28(37)25-24-13-14-31(40-24)26(25)30(39)36(18-8-17-35-15-6-3-7-16-35)27(31)29(38)33-21-9-4-2-5-10-21/h11-14,19,21,24-27H,2-10,15-18H2,1H3,(H,33,38)(H,34,37)/t24-,25?,26-,27?,31?/m0/s1. The van der Waals surface area contributed by atoms with Crippen LogP contribution < -0.4 is 10.6 Å². The van der Waals surface area contributed by atoms with Crippen molar-refractivity contribution in [3.8, 4) is 0 Å². The highest BCUT2D eigenvalue weighted by Gasteiger charge is 2.72. The molecule has 1 spiro atoms. The van der Waals surface area contributed by atoms with Crippen LogP contribution in [0.2, 0.25) is 5.02 Å². The third-order valence-corrected chi connectivity index (χ3v) is 10.0. The zero-order valence-corrected chi connectivity index (χ0v) is 24.1. The molecule has 216 valence electrons. The third-order valence-electron chi connectivity index (χ3n) is 9.64. The van der Waals surface area contributed by atoms with E-state index in [0.29, 0.717) is 17.3 Å². The van der Waals surface area contributed by atoms with E-state index in [-0.39, 0.29) is 23.8 Å². The minimum absolute atomic E-state index is 0.120. The van der Waals surface area contributed by atoms with Crippen molar-refractivity contribution in [1.29, 1.82) is 0 Å². The lowest BCUT2D eigenvalue weighted by Crippen LogP contribution is -2.56. The summed E-state index contributed by atoms with van der Waals surface area (Å²) < 4.78 is 6.49. The number of aryl methyl sites for hydroxylation is 1. The summed E-state index contributed by atoms with van der Waals surface area (Å²) in [6, 6.07) is 4.73. The maximum atomic E-state index is 14.1. The molecule has 5 aliphatic rings. The number of carbonyl (C=O) groups excluding carboxylic acids is 3. The van der Waals surface area contributed by atoms with Crippen LogP contribution in [-0.2, 0) is 19.1 Å². The van der Waals surface area contributed by atoms with Crippen molar-refractivity contribution in [1.82, 2.24) is 15.1 Å². The smallest absolute Gasteiger partial charge is 0.246 e. The van der Waals surface area contributed by atoms with Crippen molar-refractivity contribution >= 4 is 35.0 Å². The number of carbonyl (C=O) groups is 3. The van der Waals surface area contributed by atoms with E-state index in [9.17, 15) is 14.4 Å². The van der Waals surface area contributed by atoms with Crippen molar-refractivity contribution < 1.29 is 19.1 Å². The highest BCUT2D eigenvalue weighted by atomic mass is 35.5. The van der Waals surface area contributed by atoms with Crippen LogP contribution in [0.25, 0.3) is 0 Å². The van der Waals surface area contributed by atoms with Gasteiger partial charge in [0, 0.05) is 23.3 Å². The Kier molecular flexibility index (Phi) is 7.94. The fourth-order valence-electron chi connectivity index (χ4n) is 7.58. The Balaban J connectivity index is 1.24. The van der Waals surface area contributed by atoms with Crippen LogP contribution in [-0.4, -0.2) is 77.5 Å². The number of likely N-dealkylation sites (tertiary alicyclic amines) is 2. The molecule has 1 aliphatic carbocycles. The number of nitrogens with zero attached hydrogens (tertiary/aromatic N) is 2. The lowest BCUT2D eigenvalue weighted by molar-refractivity contribution is -0.141. The van der Waals surface area contributed by atoms with Gasteiger partial charge in [-0.15, -0.1) is 0 Å². The second-order valence-electron chi connectivity index (χ2n) is 12.3. The Bertz CT molecular complexity index is 1180. The van der Waals surface area contributed by atoms with Crippen LogP contribution in [0.5, 0.6) is 0 Å². The molecule has 1 aromatic rings. The van der Waals surface area contributed by atoms with Crippen molar-refractivity contribution in [2.75, 3.05) is 31.5 Å². The maximum Gasteiger partial charge on any atom is 0.246 e. The van der Waals surface area contributed by atoms with Gasteiger partial charge in [-0.2, -0.15) is 0 Å². The van der Waals surface area contributed by atoms with E-state index < -0.39 is 29.6 Å². The van der Waals surface area contributed by atoms with Crippen LogP contribution in [0.4, 0.5) is 5.69 Å². The first-order valence-electron chi connectivity index (χ1n) is 15.1. The fourth-order valence-corrected chi connectivity index (χ4v) is 7.76. The zero-order chi connectivity index (χ0) is 27.9. The molecule has 2 bridgehead atoms. The Hall–Kier alpha value is -2.42. The number of hydrogen-bond donors (Lipinski definition) is 2. The molecule has 3 saturated heterocycles. The summed E-state index contributed by atoms with van der Waals surface area (Å²) in [7, 11) is 0. The Morgan fingerprint density at radius 3 is 2.55 bits per heavy atom. The Morgan fingerprint density at radius 2 is 1.80 bits per heavy atom. The van der Waals surface area contributed by atoms with E-state index in [2.05, 4.69) is 15.5 Å². The molecule has 4 fully saturated rings. The van der Waals surface area contributed by atoms with Gasteiger partial charge in [0.1, 0.15) is 11.6 Å². The number of hydrogen-bond acceptors (Lipinski definition) is 5. The lowest BCUT2D eigenvalue weighted by Gasteiger charge is -2.34. The largest absolute Gasteiger partial charge is 0.359 e. The van der Waals surface area contributed by atoms with Gasteiger partial charge >= 0.3 is 0 Å². The van der Waals surface area contributed by atoms with Gasteiger partial charge in [-0.1, -0.05) is 55.5 Å². The number of ether oxygens (including phenoxy) is 1. The molecule has 2 N–H and O–H groups in total. The first-order valence-corrected chi connectivity index (χ1v) is 15.5. The number of piperidine rings is 1. The maximum absolute atomic E-state index is 14.1. The van der Waals surface area contributed by atoms with Gasteiger partial charge in [0.25, 0.3) is 0 Å². The monoisotopic (exact) mass is 568 g/mol. The number of amides is 3. The van der Waals surface area contributed by atoms with E-state index in [1.165, 1.54) is 25.7 Å². The van der Waals surface area contributed by atoms with Crippen LogP contribution in [0.15, 0.2) is 30.4 Å². The fraction of sp³-hybridized carbons (Fsp3) is 0.645. The van der Waals surface area contributed by atoms with Crippen LogP contribution >= 0.6 is 11.6 Å². The Labute approximate surface area is 241 Å². The molecule has 5 atom stereocenters. The van der Waals surface area contributed by atoms with Gasteiger partial charge in [0.2, 0.25) is 17.7 Å². The summed E-state index contributed by atoms with van der Waals surface area (Å²) in [6.45, 7) is 5.45. The summed E-state index contributed by atoms with van der Waals surface area (Å²) in [5, 5.41) is 6.79. The number of halogens is 1. The number of anilines is 1. The molecule has 8 nitrogen and oxygen atoms in total. The first-order chi connectivity index (χ1) is 19.4. The molecule has 3 unspecified atom stereocenters. The molecule has 0 aromatic heterocycles. The minimum atomic E-state index is -1.13. The molecule has 1 saturated carbocycles. The molecule has 9 heteroatoms. The molecule has 0 radical (unpaired) electrons. The quantitative estimate of drug-likeness (QED) is 0.462. The molecular formula is C31H41ClN4O4. The van der Waals surface area contributed by atoms with Gasteiger partial charge in [-0.25, -0.2) is 0 Å². The molecule has 6 rings (SSSR count). The summed E-state index contributed by atoms with van der Waals surface area (Å²) in [4.78, 5) is 45.9. The summed E-state index contributed by atoms with van der Waals surface area (Å²) in [6.07, 6.45) is 13.0. The molecular weight excluding hydrogens is 528 g/mol. The van der Waals surface area contributed by atoms with Crippen LogP contribution in [0.1, 0.15) is 63.4 Å². The molecule has 4 heterocycles. The van der Waals surface area contributed by atoms with E-state index in [4.69, 9.17) is 16.3 Å². The normalized spacial score (nSPS) is 31.9.